The molecule has 1 heterocycles. The lowest BCUT2D eigenvalue weighted by atomic mass is 10.1. The number of nitrogens with two attached hydrogens (primary N) is 2. The monoisotopic (exact) mass is 259 g/mol. The van der Waals surface area contributed by atoms with Crippen molar-refractivity contribution in [1.82, 2.24) is 4.98 Å². The van der Waals surface area contributed by atoms with Gasteiger partial charge in [0.25, 0.3) is 6.43 Å². The first kappa shape index (κ1) is 14.3. The van der Waals surface area contributed by atoms with Crippen LogP contribution in [0.3, 0.4) is 0 Å². The van der Waals surface area contributed by atoms with Crippen molar-refractivity contribution in [3.63, 3.8) is 0 Å². The minimum absolute atomic E-state index is 0.0249. The Hall–Kier alpha value is -1.76. The third-order valence-corrected chi connectivity index (χ3v) is 2.31. The lowest BCUT2D eigenvalue weighted by Crippen LogP contribution is -2.15. The second-order valence-corrected chi connectivity index (χ2v) is 3.55. The molecule has 1 aromatic heterocycles. The molecule has 1 aromatic rings. The van der Waals surface area contributed by atoms with Gasteiger partial charge in [-0.2, -0.15) is 0 Å². The fraction of sp³-hybridized carbons (Fsp3) is 0.455. The van der Waals surface area contributed by atoms with Gasteiger partial charge in [-0.25, -0.2) is 8.78 Å². The number of aromatic nitrogens is 1. The van der Waals surface area contributed by atoms with Crippen LogP contribution in [0.4, 0.5) is 14.5 Å². The highest BCUT2D eigenvalue weighted by molar-refractivity contribution is 5.73. The SMILES string of the molecule is CCOC(=O)Cc1nc(C(F)F)cc(N)c1CN. The van der Waals surface area contributed by atoms with E-state index in [1.54, 1.807) is 6.92 Å². The number of pyridine rings is 1. The number of nitrogen functional groups attached to an aromatic ring is 1. The summed E-state index contributed by atoms with van der Waals surface area (Å²) in [6, 6.07) is 1.07. The molecule has 0 unspecified atom stereocenters. The van der Waals surface area contributed by atoms with Crippen LogP contribution in [-0.2, 0) is 22.5 Å². The van der Waals surface area contributed by atoms with Crippen molar-refractivity contribution in [2.45, 2.75) is 26.3 Å². The van der Waals surface area contributed by atoms with E-state index in [0.717, 1.165) is 6.07 Å². The topological polar surface area (TPSA) is 91.2 Å². The molecule has 0 aliphatic rings. The summed E-state index contributed by atoms with van der Waals surface area (Å²) >= 11 is 0. The van der Waals surface area contributed by atoms with E-state index in [2.05, 4.69) is 4.98 Å². The van der Waals surface area contributed by atoms with Gasteiger partial charge in [0.05, 0.1) is 18.7 Å². The van der Waals surface area contributed by atoms with E-state index in [0.29, 0.717) is 5.56 Å². The first-order valence-corrected chi connectivity index (χ1v) is 5.41. The molecule has 0 amide bonds. The fourth-order valence-electron chi connectivity index (χ4n) is 1.51. The normalized spacial score (nSPS) is 10.7. The van der Waals surface area contributed by atoms with Crippen LogP contribution in [0.5, 0.6) is 0 Å². The van der Waals surface area contributed by atoms with Crippen LogP contribution in [0.2, 0.25) is 0 Å². The maximum Gasteiger partial charge on any atom is 0.311 e. The molecule has 5 nitrogen and oxygen atoms in total. The van der Waals surface area contributed by atoms with Crippen LogP contribution in [0.25, 0.3) is 0 Å². The van der Waals surface area contributed by atoms with E-state index < -0.39 is 18.1 Å². The molecule has 0 radical (unpaired) electrons. The molecule has 0 aliphatic heterocycles. The second-order valence-electron chi connectivity index (χ2n) is 3.55. The Kier molecular flexibility index (Phi) is 4.96. The van der Waals surface area contributed by atoms with E-state index >= 15 is 0 Å². The number of rotatable bonds is 5. The van der Waals surface area contributed by atoms with Crippen LogP contribution < -0.4 is 11.5 Å². The largest absolute Gasteiger partial charge is 0.466 e. The highest BCUT2D eigenvalue weighted by Crippen LogP contribution is 2.24. The van der Waals surface area contributed by atoms with Crippen molar-refractivity contribution in [3.8, 4) is 0 Å². The highest BCUT2D eigenvalue weighted by Gasteiger charge is 2.17. The average molecular weight is 259 g/mol. The number of nitrogens with zero attached hydrogens (tertiary/aromatic N) is 1. The van der Waals surface area contributed by atoms with Crippen molar-refractivity contribution < 1.29 is 18.3 Å². The smallest absolute Gasteiger partial charge is 0.311 e. The minimum atomic E-state index is -2.75. The quantitative estimate of drug-likeness (QED) is 0.774. The maximum absolute atomic E-state index is 12.6. The van der Waals surface area contributed by atoms with E-state index in [4.69, 9.17) is 16.2 Å². The average Bonchev–Trinajstić information content (AvgIpc) is 2.28. The van der Waals surface area contributed by atoms with E-state index in [9.17, 15) is 13.6 Å². The third kappa shape index (κ3) is 3.36. The molecule has 0 bridgehead atoms. The lowest BCUT2D eigenvalue weighted by Gasteiger charge is -2.12. The zero-order chi connectivity index (χ0) is 13.7. The highest BCUT2D eigenvalue weighted by atomic mass is 19.3. The summed E-state index contributed by atoms with van der Waals surface area (Å²) in [7, 11) is 0. The predicted molar refractivity (Wildman–Crippen MR) is 61.8 cm³/mol. The molecule has 1 rings (SSSR count). The van der Waals surface area contributed by atoms with E-state index in [-0.39, 0.29) is 31.0 Å². The molecule has 7 heteroatoms. The van der Waals surface area contributed by atoms with Crippen molar-refractivity contribution in [1.29, 1.82) is 0 Å². The standard InChI is InChI=1S/C11H15F2N3O2/c1-2-18-10(17)4-8-6(5-14)7(15)3-9(16-8)11(12)13/h3,11H,2,4-5,14H2,1H3,(H2,15,16). The van der Waals surface area contributed by atoms with Crippen molar-refractivity contribution in [3.05, 3.63) is 23.0 Å². The summed E-state index contributed by atoms with van der Waals surface area (Å²) in [6.07, 6.45) is -2.97. The molecule has 0 aromatic carbocycles. The molecule has 0 saturated heterocycles. The van der Waals surface area contributed by atoms with Crippen molar-refractivity contribution in [2.24, 2.45) is 5.73 Å². The summed E-state index contributed by atoms with van der Waals surface area (Å²) in [6.45, 7) is 1.89. The van der Waals surface area contributed by atoms with Gasteiger partial charge in [0.15, 0.2) is 0 Å². The van der Waals surface area contributed by atoms with Gasteiger partial charge in [-0.05, 0) is 13.0 Å². The summed E-state index contributed by atoms with van der Waals surface area (Å²) in [5, 5.41) is 0. The van der Waals surface area contributed by atoms with Gasteiger partial charge < -0.3 is 16.2 Å². The fourth-order valence-corrected chi connectivity index (χ4v) is 1.51. The number of halogens is 2. The zero-order valence-electron chi connectivity index (χ0n) is 9.95. The molecule has 0 atom stereocenters. The van der Waals surface area contributed by atoms with Gasteiger partial charge in [-0.3, -0.25) is 9.78 Å². The summed E-state index contributed by atoms with van der Waals surface area (Å²) in [5.41, 5.74) is 11.3. The molecular weight excluding hydrogens is 244 g/mol. The predicted octanol–water partition coefficient (Wildman–Crippen LogP) is 1.17. The summed E-state index contributed by atoms with van der Waals surface area (Å²) in [5.74, 6) is -0.550. The molecule has 100 valence electrons. The van der Waals surface area contributed by atoms with Gasteiger partial charge in [0.2, 0.25) is 0 Å². The maximum atomic E-state index is 12.6. The van der Waals surface area contributed by atoms with Crippen molar-refractivity contribution >= 4 is 11.7 Å². The number of hydrogen-bond acceptors (Lipinski definition) is 5. The number of hydrogen-bond donors (Lipinski definition) is 2. The van der Waals surface area contributed by atoms with Crippen molar-refractivity contribution in [2.75, 3.05) is 12.3 Å². The van der Waals surface area contributed by atoms with E-state index in [1.165, 1.54) is 0 Å². The molecule has 0 saturated carbocycles. The number of carbonyl (C=O) groups excluding carboxylic acids is 1. The number of carbonyl (C=O) groups is 1. The molecular formula is C11H15F2N3O2. The Balaban J connectivity index is 3.10. The second kappa shape index (κ2) is 6.25. The Morgan fingerprint density at radius 1 is 1.56 bits per heavy atom. The van der Waals surface area contributed by atoms with Gasteiger partial charge >= 0.3 is 5.97 Å². The Bertz CT molecular complexity index is 439. The van der Waals surface area contributed by atoms with Crippen LogP contribution >= 0.6 is 0 Å². The number of esters is 1. The zero-order valence-corrected chi connectivity index (χ0v) is 9.95. The number of ether oxygens (including phenoxy) is 1. The Morgan fingerprint density at radius 2 is 2.22 bits per heavy atom. The van der Waals surface area contributed by atoms with Crippen LogP contribution in [0.1, 0.15) is 30.3 Å². The van der Waals surface area contributed by atoms with Gasteiger partial charge in [-0.15, -0.1) is 0 Å². The van der Waals surface area contributed by atoms with Gasteiger partial charge in [0.1, 0.15) is 5.69 Å². The first-order chi connectivity index (χ1) is 8.49. The molecule has 0 fully saturated rings. The minimum Gasteiger partial charge on any atom is -0.466 e. The molecule has 4 N–H and O–H groups in total. The van der Waals surface area contributed by atoms with Crippen LogP contribution in [0.15, 0.2) is 6.07 Å². The lowest BCUT2D eigenvalue weighted by molar-refractivity contribution is -0.142. The van der Waals surface area contributed by atoms with E-state index in [1.807, 2.05) is 0 Å². The Labute approximate surface area is 103 Å². The first-order valence-electron chi connectivity index (χ1n) is 5.41. The van der Waals surface area contributed by atoms with Gasteiger partial charge in [0, 0.05) is 17.8 Å². The van der Waals surface area contributed by atoms with Gasteiger partial charge in [-0.1, -0.05) is 0 Å². The third-order valence-electron chi connectivity index (χ3n) is 2.31. The summed E-state index contributed by atoms with van der Waals surface area (Å²) in [4.78, 5) is 15.1. The number of alkyl halides is 2. The summed E-state index contributed by atoms with van der Waals surface area (Å²) < 4.78 is 29.9. The molecule has 0 aliphatic carbocycles. The molecule has 0 spiro atoms. The Morgan fingerprint density at radius 3 is 2.72 bits per heavy atom. The molecule has 18 heavy (non-hydrogen) atoms. The number of anilines is 1. The van der Waals surface area contributed by atoms with Crippen LogP contribution in [0, 0.1) is 0 Å². The van der Waals surface area contributed by atoms with Crippen LogP contribution in [-0.4, -0.2) is 17.6 Å².